The Kier molecular flexibility index (Phi) is 3.92. The number of fused-ring (bicyclic) bond motifs is 2. The Bertz CT molecular complexity index is 458. The molecule has 108 valence electrons. The van der Waals surface area contributed by atoms with E-state index in [-0.39, 0.29) is 5.91 Å². The molecule has 1 N–H and O–H groups in total. The van der Waals surface area contributed by atoms with E-state index in [9.17, 15) is 4.79 Å². The van der Waals surface area contributed by atoms with Crippen LogP contribution in [0.5, 0.6) is 5.75 Å². The Labute approximate surface area is 120 Å². The van der Waals surface area contributed by atoms with Crippen LogP contribution in [-0.2, 0) is 11.2 Å². The molecule has 2 bridgehead atoms. The summed E-state index contributed by atoms with van der Waals surface area (Å²) >= 11 is 0. The number of hydrogen-bond donors (Lipinski definition) is 1. The maximum atomic E-state index is 12.6. The number of amides is 1. The number of benzene rings is 1. The first-order valence-corrected chi connectivity index (χ1v) is 7.43. The van der Waals surface area contributed by atoms with Gasteiger partial charge in [0.1, 0.15) is 5.75 Å². The smallest absolute Gasteiger partial charge is 0.227 e. The van der Waals surface area contributed by atoms with Gasteiger partial charge in [-0.25, -0.2) is 0 Å². The fourth-order valence-corrected chi connectivity index (χ4v) is 3.40. The van der Waals surface area contributed by atoms with Crippen molar-refractivity contribution in [1.82, 2.24) is 10.2 Å². The van der Waals surface area contributed by atoms with Gasteiger partial charge in [0.2, 0.25) is 5.91 Å². The van der Waals surface area contributed by atoms with E-state index in [0.717, 1.165) is 37.2 Å². The molecular formula is C16H22N2O2. The Morgan fingerprint density at radius 3 is 2.75 bits per heavy atom. The summed E-state index contributed by atoms with van der Waals surface area (Å²) in [6, 6.07) is 8.64. The van der Waals surface area contributed by atoms with Crippen LogP contribution in [0.2, 0.25) is 0 Å². The van der Waals surface area contributed by atoms with E-state index in [1.54, 1.807) is 7.11 Å². The molecule has 1 aromatic carbocycles. The SMILES string of the molecule is COc1ccc(CC(=O)N2C3CCNCC2CC3)cc1. The van der Waals surface area contributed by atoms with Gasteiger partial charge in [0.05, 0.1) is 13.5 Å². The predicted octanol–water partition coefficient (Wildman–Crippen LogP) is 1.59. The Hall–Kier alpha value is -1.55. The van der Waals surface area contributed by atoms with Gasteiger partial charge in [-0.15, -0.1) is 0 Å². The first-order chi connectivity index (χ1) is 9.78. The van der Waals surface area contributed by atoms with E-state index in [0.29, 0.717) is 18.5 Å². The van der Waals surface area contributed by atoms with Crippen molar-refractivity contribution in [3.63, 3.8) is 0 Å². The quantitative estimate of drug-likeness (QED) is 0.910. The summed E-state index contributed by atoms with van der Waals surface area (Å²) in [6.07, 6.45) is 3.90. The summed E-state index contributed by atoms with van der Waals surface area (Å²) in [7, 11) is 1.65. The fraction of sp³-hybridized carbons (Fsp3) is 0.562. The summed E-state index contributed by atoms with van der Waals surface area (Å²) in [6.45, 7) is 1.98. The van der Waals surface area contributed by atoms with Gasteiger partial charge in [-0.05, 0) is 43.5 Å². The van der Waals surface area contributed by atoms with Gasteiger partial charge >= 0.3 is 0 Å². The van der Waals surface area contributed by atoms with Crippen LogP contribution in [0, 0.1) is 0 Å². The van der Waals surface area contributed by atoms with Crippen molar-refractivity contribution in [3.8, 4) is 5.75 Å². The lowest BCUT2D eigenvalue weighted by Crippen LogP contribution is -2.43. The summed E-state index contributed by atoms with van der Waals surface area (Å²) in [4.78, 5) is 14.7. The number of carbonyl (C=O) groups excluding carboxylic acids is 1. The highest BCUT2D eigenvalue weighted by Crippen LogP contribution is 2.28. The molecule has 4 heteroatoms. The van der Waals surface area contributed by atoms with E-state index in [1.165, 1.54) is 6.42 Å². The number of hydrogen-bond acceptors (Lipinski definition) is 3. The second kappa shape index (κ2) is 5.83. The van der Waals surface area contributed by atoms with Gasteiger partial charge in [-0.1, -0.05) is 12.1 Å². The molecule has 2 aliphatic rings. The van der Waals surface area contributed by atoms with E-state index in [1.807, 2.05) is 24.3 Å². The van der Waals surface area contributed by atoms with Crippen LogP contribution in [0.25, 0.3) is 0 Å². The predicted molar refractivity (Wildman–Crippen MR) is 77.8 cm³/mol. The third-order valence-corrected chi connectivity index (χ3v) is 4.46. The van der Waals surface area contributed by atoms with Crippen molar-refractivity contribution < 1.29 is 9.53 Å². The van der Waals surface area contributed by atoms with Crippen LogP contribution in [0.3, 0.4) is 0 Å². The summed E-state index contributed by atoms with van der Waals surface area (Å²) in [5.74, 6) is 1.10. The van der Waals surface area contributed by atoms with Gasteiger partial charge in [-0.2, -0.15) is 0 Å². The molecule has 2 aliphatic heterocycles. The van der Waals surface area contributed by atoms with Crippen molar-refractivity contribution in [2.24, 2.45) is 0 Å². The minimum absolute atomic E-state index is 0.270. The fourth-order valence-electron chi connectivity index (χ4n) is 3.40. The van der Waals surface area contributed by atoms with Crippen LogP contribution in [0.15, 0.2) is 24.3 Å². The van der Waals surface area contributed by atoms with Gasteiger partial charge in [-0.3, -0.25) is 4.79 Å². The second-order valence-electron chi connectivity index (χ2n) is 5.70. The van der Waals surface area contributed by atoms with Gasteiger partial charge in [0.15, 0.2) is 0 Å². The van der Waals surface area contributed by atoms with E-state index in [4.69, 9.17) is 4.74 Å². The van der Waals surface area contributed by atoms with Gasteiger partial charge in [0.25, 0.3) is 0 Å². The van der Waals surface area contributed by atoms with Gasteiger partial charge < -0.3 is 15.0 Å². The molecular weight excluding hydrogens is 252 g/mol. The number of rotatable bonds is 3. The first kappa shape index (κ1) is 13.4. The molecule has 2 fully saturated rings. The molecule has 0 aliphatic carbocycles. The van der Waals surface area contributed by atoms with E-state index < -0.39 is 0 Å². The van der Waals surface area contributed by atoms with E-state index >= 15 is 0 Å². The average Bonchev–Trinajstić information content (AvgIpc) is 2.73. The number of ether oxygens (including phenoxy) is 1. The summed E-state index contributed by atoms with van der Waals surface area (Å²) < 4.78 is 5.15. The summed E-state index contributed by atoms with van der Waals surface area (Å²) in [5.41, 5.74) is 1.06. The van der Waals surface area contributed by atoms with Crippen molar-refractivity contribution in [2.75, 3.05) is 20.2 Å². The standard InChI is InChI=1S/C16H22N2O2/c1-20-15-6-2-12(3-7-15)10-16(19)18-13-4-5-14(18)11-17-9-8-13/h2-3,6-7,13-14,17H,4-5,8-11H2,1H3. The molecule has 2 unspecified atom stereocenters. The molecule has 2 saturated heterocycles. The molecule has 4 nitrogen and oxygen atoms in total. The lowest BCUT2D eigenvalue weighted by molar-refractivity contribution is -0.133. The third kappa shape index (κ3) is 2.66. The zero-order valence-electron chi connectivity index (χ0n) is 12.0. The van der Waals surface area contributed by atoms with Crippen LogP contribution >= 0.6 is 0 Å². The molecule has 3 rings (SSSR count). The van der Waals surface area contributed by atoms with Gasteiger partial charge in [0, 0.05) is 18.6 Å². The highest BCUT2D eigenvalue weighted by Gasteiger charge is 2.37. The highest BCUT2D eigenvalue weighted by atomic mass is 16.5. The number of nitrogens with zero attached hydrogens (tertiary/aromatic N) is 1. The normalized spacial score (nSPS) is 25.4. The van der Waals surface area contributed by atoms with Crippen molar-refractivity contribution in [1.29, 1.82) is 0 Å². The number of carbonyl (C=O) groups is 1. The minimum Gasteiger partial charge on any atom is -0.497 e. The lowest BCUT2D eigenvalue weighted by atomic mass is 10.1. The van der Waals surface area contributed by atoms with Crippen molar-refractivity contribution in [2.45, 2.75) is 37.8 Å². The Balaban J connectivity index is 1.68. The Morgan fingerprint density at radius 1 is 1.25 bits per heavy atom. The zero-order valence-corrected chi connectivity index (χ0v) is 12.0. The summed E-state index contributed by atoms with van der Waals surface area (Å²) in [5, 5.41) is 3.43. The average molecular weight is 274 g/mol. The number of methoxy groups -OCH3 is 1. The van der Waals surface area contributed by atoms with Crippen LogP contribution in [0.4, 0.5) is 0 Å². The molecule has 0 saturated carbocycles. The molecule has 1 amide bonds. The largest absolute Gasteiger partial charge is 0.497 e. The monoisotopic (exact) mass is 274 g/mol. The van der Waals surface area contributed by atoms with Crippen LogP contribution < -0.4 is 10.1 Å². The third-order valence-electron chi connectivity index (χ3n) is 4.46. The maximum absolute atomic E-state index is 12.6. The lowest BCUT2D eigenvalue weighted by Gasteiger charge is -2.28. The molecule has 0 aromatic heterocycles. The van der Waals surface area contributed by atoms with Crippen LogP contribution in [-0.4, -0.2) is 43.1 Å². The van der Waals surface area contributed by atoms with Crippen molar-refractivity contribution in [3.05, 3.63) is 29.8 Å². The maximum Gasteiger partial charge on any atom is 0.227 e. The molecule has 20 heavy (non-hydrogen) atoms. The molecule has 1 aromatic rings. The molecule has 2 atom stereocenters. The molecule has 2 heterocycles. The van der Waals surface area contributed by atoms with E-state index in [2.05, 4.69) is 10.2 Å². The zero-order chi connectivity index (χ0) is 13.9. The molecule has 0 radical (unpaired) electrons. The van der Waals surface area contributed by atoms with Crippen LogP contribution in [0.1, 0.15) is 24.8 Å². The second-order valence-corrected chi connectivity index (χ2v) is 5.70. The highest BCUT2D eigenvalue weighted by molar-refractivity contribution is 5.80. The topological polar surface area (TPSA) is 41.6 Å². The molecule has 0 spiro atoms. The van der Waals surface area contributed by atoms with Crippen molar-refractivity contribution >= 4 is 5.91 Å². The Morgan fingerprint density at radius 2 is 2.00 bits per heavy atom. The minimum atomic E-state index is 0.270. The first-order valence-electron chi connectivity index (χ1n) is 7.43. The number of nitrogens with one attached hydrogen (secondary N) is 1.